The van der Waals surface area contributed by atoms with E-state index in [4.69, 9.17) is 16.3 Å². The fourth-order valence-corrected chi connectivity index (χ4v) is 2.58. The van der Waals surface area contributed by atoms with Gasteiger partial charge in [0.05, 0.1) is 22.3 Å². The zero-order chi connectivity index (χ0) is 16.8. The highest BCUT2D eigenvalue weighted by molar-refractivity contribution is 9.10. The minimum absolute atomic E-state index is 0.0259. The molecule has 0 spiro atoms. The van der Waals surface area contributed by atoms with Crippen molar-refractivity contribution in [3.05, 3.63) is 63.1 Å². The Labute approximate surface area is 147 Å². The average Bonchev–Trinajstić information content (AvgIpc) is 2.54. The van der Waals surface area contributed by atoms with Crippen LogP contribution in [0.4, 0.5) is 5.69 Å². The number of methoxy groups -OCH3 is 1. The van der Waals surface area contributed by atoms with Crippen molar-refractivity contribution in [3.8, 4) is 11.8 Å². The zero-order valence-electron chi connectivity index (χ0n) is 12.1. The van der Waals surface area contributed by atoms with Crippen LogP contribution in [0.3, 0.4) is 0 Å². The minimum atomic E-state index is -0.521. The Morgan fingerprint density at radius 1 is 1.35 bits per heavy atom. The number of para-hydroxylation sites is 1. The SMILES string of the molecule is COc1ccc(/C=C(\C#N)C(=O)Nc2ccccc2Cl)cc1Br. The summed E-state index contributed by atoms with van der Waals surface area (Å²) in [7, 11) is 1.56. The predicted molar refractivity (Wildman–Crippen MR) is 94.4 cm³/mol. The second kappa shape index (κ2) is 7.82. The van der Waals surface area contributed by atoms with E-state index >= 15 is 0 Å². The molecular formula is C17H12BrClN2O2. The van der Waals surface area contributed by atoms with Gasteiger partial charge in [0.15, 0.2) is 0 Å². The topological polar surface area (TPSA) is 62.1 Å². The monoisotopic (exact) mass is 390 g/mol. The number of halogens is 2. The molecule has 0 fully saturated rings. The van der Waals surface area contributed by atoms with Crippen molar-refractivity contribution in [2.45, 2.75) is 0 Å². The number of nitriles is 1. The Bertz CT molecular complexity index is 812. The van der Waals surface area contributed by atoms with Crippen LogP contribution >= 0.6 is 27.5 Å². The normalized spacial score (nSPS) is 10.8. The van der Waals surface area contributed by atoms with Crippen LogP contribution in [0.25, 0.3) is 6.08 Å². The molecule has 0 saturated heterocycles. The van der Waals surface area contributed by atoms with Crippen LogP contribution < -0.4 is 10.1 Å². The molecule has 2 aromatic carbocycles. The van der Waals surface area contributed by atoms with E-state index in [-0.39, 0.29) is 5.57 Å². The van der Waals surface area contributed by atoms with Crippen LogP contribution in [-0.4, -0.2) is 13.0 Å². The molecule has 2 rings (SSSR count). The summed E-state index contributed by atoms with van der Waals surface area (Å²) in [6.45, 7) is 0. The van der Waals surface area contributed by atoms with E-state index in [0.717, 1.165) is 4.47 Å². The maximum Gasteiger partial charge on any atom is 0.266 e. The molecule has 0 radical (unpaired) electrons. The molecule has 6 heteroatoms. The highest BCUT2D eigenvalue weighted by atomic mass is 79.9. The highest BCUT2D eigenvalue weighted by Crippen LogP contribution is 2.27. The Morgan fingerprint density at radius 3 is 2.70 bits per heavy atom. The smallest absolute Gasteiger partial charge is 0.266 e. The van der Waals surface area contributed by atoms with E-state index < -0.39 is 5.91 Å². The highest BCUT2D eigenvalue weighted by Gasteiger charge is 2.11. The van der Waals surface area contributed by atoms with E-state index in [2.05, 4.69) is 21.2 Å². The van der Waals surface area contributed by atoms with Crippen molar-refractivity contribution >= 4 is 45.2 Å². The van der Waals surface area contributed by atoms with Gasteiger partial charge in [0.25, 0.3) is 5.91 Å². The van der Waals surface area contributed by atoms with Gasteiger partial charge in [-0.2, -0.15) is 5.26 Å². The number of nitrogens with one attached hydrogen (secondary N) is 1. The van der Waals surface area contributed by atoms with Crippen LogP contribution in [-0.2, 0) is 4.79 Å². The van der Waals surface area contributed by atoms with Gasteiger partial charge in [0, 0.05) is 0 Å². The number of nitrogens with zero attached hydrogens (tertiary/aromatic N) is 1. The summed E-state index contributed by atoms with van der Waals surface area (Å²) in [5.41, 5.74) is 1.13. The lowest BCUT2D eigenvalue weighted by molar-refractivity contribution is -0.112. The second-order valence-electron chi connectivity index (χ2n) is 4.50. The number of amides is 1. The quantitative estimate of drug-likeness (QED) is 0.609. The summed E-state index contributed by atoms with van der Waals surface area (Å²) < 4.78 is 5.88. The van der Waals surface area contributed by atoms with Crippen molar-refractivity contribution < 1.29 is 9.53 Å². The van der Waals surface area contributed by atoms with Crippen molar-refractivity contribution in [2.24, 2.45) is 0 Å². The summed E-state index contributed by atoms with van der Waals surface area (Å²) >= 11 is 9.36. The first-order valence-electron chi connectivity index (χ1n) is 6.56. The number of anilines is 1. The molecule has 0 saturated carbocycles. The fraction of sp³-hybridized carbons (Fsp3) is 0.0588. The van der Waals surface area contributed by atoms with Crippen LogP contribution in [0, 0.1) is 11.3 Å². The van der Waals surface area contributed by atoms with E-state index in [9.17, 15) is 10.1 Å². The second-order valence-corrected chi connectivity index (χ2v) is 5.76. The van der Waals surface area contributed by atoms with Crippen molar-refractivity contribution in [1.82, 2.24) is 0 Å². The lowest BCUT2D eigenvalue weighted by Gasteiger charge is -2.07. The Kier molecular flexibility index (Phi) is 5.80. The van der Waals surface area contributed by atoms with Gasteiger partial charge < -0.3 is 10.1 Å². The molecule has 2 aromatic rings. The molecule has 0 aromatic heterocycles. The Morgan fingerprint density at radius 2 is 2.09 bits per heavy atom. The number of carbonyl (C=O) groups excluding carboxylic acids is 1. The first kappa shape index (κ1) is 17.1. The van der Waals surface area contributed by atoms with Crippen LogP contribution in [0.5, 0.6) is 5.75 Å². The molecular weight excluding hydrogens is 380 g/mol. The van der Waals surface area contributed by atoms with Gasteiger partial charge in [-0.15, -0.1) is 0 Å². The van der Waals surface area contributed by atoms with Gasteiger partial charge in [0.2, 0.25) is 0 Å². The van der Waals surface area contributed by atoms with Gasteiger partial charge in [-0.3, -0.25) is 4.79 Å². The maximum absolute atomic E-state index is 12.2. The van der Waals surface area contributed by atoms with E-state index in [0.29, 0.717) is 22.0 Å². The first-order valence-corrected chi connectivity index (χ1v) is 7.73. The predicted octanol–water partition coefficient (Wildman–Crippen LogP) is 4.66. The third-order valence-electron chi connectivity index (χ3n) is 2.97. The standard InChI is InChI=1S/C17H12BrClN2O2/c1-23-16-7-6-11(9-13(16)18)8-12(10-20)17(22)21-15-5-3-2-4-14(15)19/h2-9H,1H3,(H,21,22)/b12-8+. The molecule has 0 atom stereocenters. The molecule has 1 amide bonds. The third-order valence-corrected chi connectivity index (χ3v) is 3.92. The summed E-state index contributed by atoms with van der Waals surface area (Å²) in [6.07, 6.45) is 1.50. The summed E-state index contributed by atoms with van der Waals surface area (Å²) in [6, 6.07) is 14.0. The number of hydrogen-bond acceptors (Lipinski definition) is 3. The first-order chi connectivity index (χ1) is 11.0. The Balaban J connectivity index is 2.25. The molecule has 0 aliphatic heterocycles. The largest absolute Gasteiger partial charge is 0.496 e. The number of rotatable bonds is 4. The number of hydrogen-bond donors (Lipinski definition) is 1. The molecule has 0 heterocycles. The summed E-state index contributed by atoms with van der Waals surface area (Å²) in [4.78, 5) is 12.2. The zero-order valence-corrected chi connectivity index (χ0v) is 14.5. The molecule has 0 aliphatic rings. The molecule has 0 unspecified atom stereocenters. The lowest BCUT2D eigenvalue weighted by atomic mass is 10.1. The molecule has 1 N–H and O–H groups in total. The third kappa shape index (κ3) is 4.35. The number of ether oxygens (including phenoxy) is 1. The van der Waals surface area contributed by atoms with E-state index in [1.165, 1.54) is 6.08 Å². The van der Waals surface area contributed by atoms with Gasteiger partial charge in [0.1, 0.15) is 17.4 Å². The van der Waals surface area contributed by atoms with Crippen LogP contribution in [0.2, 0.25) is 5.02 Å². The van der Waals surface area contributed by atoms with Gasteiger partial charge in [-0.1, -0.05) is 29.8 Å². The lowest BCUT2D eigenvalue weighted by Crippen LogP contribution is -2.13. The minimum Gasteiger partial charge on any atom is -0.496 e. The molecule has 0 bridgehead atoms. The molecule has 23 heavy (non-hydrogen) atoms. The number of carbonyl (C=O) groups is 1. The number of benzene rings is 2. The molecule has 0 aliphatic carbocycles. The molecule has 4 nitrogen and oxygen atoms in total. The van der Waals surface area contributed by atoms with Crippen molar-refractivity contribution in [1.29, 1.82) is 5.26 Å². The van der Waals surface area contributed by atoms with E-state index in [1.807, 2.05) is 6.07 Å². The van der Waals surface area contributed by atoms with Gasteiger partial charge in [-0.25, -0.2) is 0 Å². The van der Waals surface area contributed by atoms with Gasteiger partial charge in [-0.05, 0) is 51.8 Å². The fourth-order valence-electron chi connectivity index (χ4n) is 1.84. The van der Waals surface area contributed by atoms with E-state index in [1.54, 1.807) is 49.6 Å². The van der Waals surface area contributed by atoms with Crippen molar-refractivity contribution in [2.75, 3.05) is 12.4 Å². The maximum atomic E-state index is 12.2. The average molecular weight is 392 g/mol. The van der Waals surface area contributed by atoms with Crippen LogP contribution in [0.1, 0.15) is 5.56 Å². The summed E-state index contributed by atoms with van der Waals surface area (Å²) in [5, 5.41) is 12.3. The summed E-state index contributed by atoms with van der Waals surface area (Å²) in [5.74, 6) is 0.147. The van der Waals surface area contributed by atoms with Gasteiger partial charge >= 0.3 is 0 Å². The van der Waals surface area contributed by atoms with Crippen molar-refractivity contribution in [3.63, 3.8) is 0 Å². The van der Waals surface area contributed by atoms with Crippen LogP contribution in [0.15, 0.2) is 52.5 Å². The Hall–Kier alpha value is -2.29. The molecule has 116 valence electrons.